The molecule has 1 heteroatoms. The average Bonchev–Trinajstić information content (AvgIpc) is 2.91. The molecule has 0 amide bonds. The summed E-state index contributed by atoms with van der Waals surface area (Å²) in [5.74, 6) is 0. The second kappa shape index (κ2) is 34.0. The SMILES string of the molecule is CCCCCCCCCCCCCCCCCCN(CC)CCCCCCCCCCCCCCCC. The molecule has 1 nitrogen and oxygen atoms in total. The first-order valence-electron chi connectivity index (χ1n) is 18.1. The van der Waals surface area contributed by atoms with Gasteiger partial charge in [-0.05, 0) is 32.5 Å². The topological polar surface area (TPSA) is 3.24 Å². The second-order valence-electron chi connectivity index (χ2n) is 12.3. The summed E-state index contributed by atoms with van der Waals surface area (Å²) >= 11 is 0. The van der Waals surface area contributed by atoms with E-state index < -0.39 is 0 Å². The molecule has 0 bridgehead atoms. The van der Waals surface area contributed by atoms with Gasteiger partial charge in [0.2, 0.25) is 0 Å². The Bertz CT molecular complexity index is 379. The van der Waals surface area contributed by atoms with Crippen LogP contribution in [0.15, 0.2) is 0 Å². The lowest BCUT2D eigenvalue weighted by molar-refractivity contribution is 0.273. The highest BCUT2D eigenvalue weighted by molar-refractivity contribution is 4.58. The number of unbranched alkanes of at least 4 members (excludes halogenated alkanes) is 28. The molecule has 0 aliphatic carbocycles. The Morgan fingerprint density at radius 3 is 0.622 bits per heavy atom. The zero-order valence-corrected chi connectivity index (χ0v) is 26.8. The van der Waals surface area contributed by atoms with Crippen LogP contribution < -0.4 is 0 Å². The predicted octanol–water partition coefficient (Wildman–Crippen LogP) is 13.1. The molecular weight excluding hydrogens is 446 g/mol. The summed E-state index contributed by atoms with van der Waals surface area (Å²) in [5, 5.41) is 0. The quantitative estimate of drug-likeness (QED) is 0.0776. The Morgan fingerprint density at radius 2 is 0.432 bits per heavy atom. The first-order chi connectivity index (χ1) is 18.3. The lowest BCUT2D eigenvalue weighted by Gasteiger charge is -2.20. The Hall–Kier alpha value is -0.0400. The van der Waals surface area contributed by atoms with Crippen LogP contribution in [0.25, 0.3) is 0 Å². The zero-order chi connectivity index (χ0) is 26.9. The van der Waals surface area contributed by atoms with E-state index in [4.69, 9.17) is 0 Å². The molecule has 0 N–H and O–H groups in total. The number of hydrogen-bond donors (Lipinski definition) is 0. The highest BCUT2D eigenvalue weighted by Crippen LogP contribution is 2.15. The van der Waals surface area contributed by atoms with Gasteiger partial charge in [-0.3, -0.25) is 0 Å². The van der Waals surface area contributed by atoms with Crippen molar-refractivity contribution in [2.24, 2.45) is 0 Å². The van der Waals surface area contributed by atoms with Gasteiger partial charge in [0, 0.05) is 0 Å². The molecule has 0 rings (SSSR count). The Balaban J connectivity index is 3.25. The molecule has 0 fully saturated rings. The van der Waals surface area contributed by atoms with Crippen molar-refractivity contribution in [3.8, 4) is 0 Å². The van der Waals surface area contributed by atoms with E-state index in [9.17, 15) is 0 Å². The van der Waals surface area contributed by atoms with Crippen molar-refractivity contribution in [3.05, 3.63) is 0 Å². The summed E-state index contributed by atoms with van der Waals surface area (Å²) in [7, 11) is 0. The summed E-state index contributed by atoms with van der Waals surface area (Å²) in [5.41, 5.74) is 0. The van der Waals surface area contributed by atoms with E-state index >= 15 is 0 Å². The molecule has 0 heterocycles. The minimum Gasteiger partial charge on any atom is -0.304 e. The number of nitrogens with zero attached hydrogens (tertiary/aromatic N) is 1. The fourth-order valence-electron chi connectivity index (χ4n) is 5.84. The molecule has 0 aromatic heterocycles. The van der Waals surface area contributed by atoms with Crippen LogP contribution in [0.2, 0.25) is 0 Å². The molecule has 0 spiro atoms. The van der Waals surface area contributed by atoms with Crippen LogP contribution in [0.5, 0.6) is 0 Å². The highest BCUT2D eigenvalue weighted by Gasteiger charge is 2.02. The van der Waals surface area contributed by atoms with Crippen molar-refractivity contribution in [2.75, 3.05) is 19.6 Å². The van der Waals surface area contributed by atoms with Crippen LogP contribution in [0.3, 0.4) is 0 Å². The van der Waals surface area contributed by atoms with Crippen molar-refractivity contribution >= 4 is 0 Å². The van der Waals surface area contributed by atoms with Crippen molar-refractivity contribution in [1.29, 1.82) is 0 Å². The van der Waals surface area contributed by atoms with Gasteiger partial charge >= 0.3 is 0 Å². The van der Waals surface area contributed by atoms with E-state index in [2.05, 4.69) is 25.7 Å². The van der Waals surface area contributed by atoms with E-state index in [1.807, 2.05) is 0 Å². The molecule has 0 saturated carbocycles. The summed E-state index contributed by atoms with van der Waals surface area (Å²) in [6.45, 7) is 10.9. The molecule has 0 aromatic rings. The van der Waals surface area contributed by atoms with Gasteiger partial charge in [-0.15, -0.1) is 0 Å². The molecule has 0 radical (unpaired) electrons. The summed E-state index contributed by atoms with van der Waals surface area (Å²) < 4.78 is 0. The van der Waals surface area contributed by atoms with Gasteiger partial charge in [0.1, 0.15) is 0 Å². The molecular formula is C36H75N. The van der Waals surface area contributed by atoms with Crippen LogP contribution in [0, 0.1) is 0 Å². The molecule has 224 valence electrons. The minimum absolute atomic E-state index is 1.25. The van der Waals surface area contributed by atoms with Gasteiger partial charge < -0.3 is 4.90 Å². The smallest absolute Gasteiger partial charge is 0.00189 e. The molecule has 0 unspecified atom stereocenters. The Kier molecular flexibility index (Phi) is 34.0. The van der Waals surface area contributed by atoms with Crippen LogP contribution in [-0.2, 0) is 0 Å². The monoisotopic (exact) mass is 522 g/mol. The van der Waals surface area contributed by atoms with Crippen molar-refractivity contribution in [1.82, 2.24) is 4.90 Å². The first-order valence-corrected chi connectivity index (χ1v) is 18.1. The van der Waals surface area contributed by atoms with Crippen LogP contribution >= 0.6 is 0 Å². The van der Waals surface area contributed by atoms with E-state index in [0.29, 0.717) is 0 Å². The minimum atomic E-state index is 1.25. The highest BCUT2D eigenvalue weighted by atomic mass is 15.1. The molecule has 0 saturated heterocycles. The predicted molar refractivity (Wildman–Crippen MR) is 172 cm³/mol. The maximum Gasteiger partial charge on any atom is -0.00189 e. The van der Waals surface area contributed by atoms with Crippen molar-refractivity contribution < 1.29 is 0 Å². The standard InChI is InChI=1S/C36H75N/c1-4-7-9-11-13-15-17-19-21-22-24-26-28-30-32-34-36-37(6-3)35-33-31-29-27-25-23-20-18-16-14-12-10-8-5-2/h4-36H2,1-3H3. The second-order valence-corrected chi connectivity index (χ2v) is 12.3. The zero-order valence-electron chi connectivity index (χ0n) is 26.8. The largest absolute Gasteiger partial charge is 0.304 e. The fourth-order valence-corrected chi connectivity index (χ4v) is 5.84. The van der Waals surface area contributed by atoms with Crippen molar-refractivity contribution in [2.45, 2.75) is 213 Å². The summed E-state index contributed by atoms with van der Waals surface area (Å²) in [4.78, 5) is 2.71. The van der Waals surface area contributed by atoms with E-state index in [1.165, 1.54) is 212 Å². The van der Waals surface area contributed by atoms with Gasteiger partial charge in [-0.2, -0.15) is 0 Å². The molecule has 37 heavy (non-hydrogen) atoms. The van der Waals surface area contributed by atoms with Gasteiger partial charge in [-0.1, -0.05) is 201 Å². The molecule has 0 atom stereocenters. The third kappa shape index (κ3) is 32.1. The van der Waals surface area contributed by atoms with E-state index in [0.717, 1.165) is 0 Å². The summed E-state index contributed by atoms with van der Waals surface area (Å²) in [6, 6.07) is 0. The summed E-state index contributed by atoms with van der Waals surface area (Å²) in [6.07, 6.45) is 43.9. The molecule has 0 aliphatic rings. The van der Waals surface area contributed by atoms with Crippen LogP contribution in [0.4, 0.5) is 0 Å². The third-order valence-electron chi connectivity index (χ3n) is 8.60. The number of hydrogen-bond acceptors (Lipinski definition) is 1. The van der Waals surface area contributed by atoms with E-state index in [1.54, 1.807) is 0 Å². The first kappa shape index (κ1) is 37.0. The van der Waals surface area contributed by atoms with Gasteiger partial charge in [0.25, 0.3) is 0 Å². The normalized spacial score (nSPS) is 11.7. The van der Waals surface area contributed by atoms with Gasteiger partial charge in [0.15, 0.2) is 0 Å². The third-order valence-corrected chi connectivity index (χ3v) is 8.60. The number of rotatable bonds is 33. The lowest BCUT2D eigenvalue weighted by atomic mass is 10.0. The average molecular weight is 522 g/mol. The lowest BCUT2D eigenvalue weighted by Crippen LogP contribution is -2.25. The Morgan fingerprint density at radius 1 is 0.243 bits per heavy atom. The Labute approximate surface area is 237 Å². The van der Waals surface area contributed by atoms with Crippen LogP contribution in [0.1, 0.15) is 213 Å². The van der Waals surface area contributed by atoms with Gasteiger partial charge in [0.05, 0.1) is 0 Å². The molecule has 0 aliphatic heterocycles. The van der Waals surface area contributed by atoms with Gasteiger partial charge in [-0.25, -0.2) is 0 Å². The maximum absolute atomic E-state index is 2.71. The van der Waals surface area contributed by atoms with Crippen molar-refractivity contribution in [3.63, 3.8) is 0 Å². The fraction of sp³-hybridized carbons (Fsp3) is 1.00. The maximum atomic E-state index is 2.71. The van der Waals surface area contributed by atoms with E-state index in [-0.39, 0.29) is 0 Å². The van der Waals surface area contributed by atoms with Crippen LogP contribution in [-0.4, -0.2) is 24.5 Å². The molecule has 0 aromatic carbocycles.